The first-order valence-corrected chi connectivity index (χ1v) is 6.05. The van der Waals surface area contributed by atoms with Gasteiger partial charge in [-0.3, -0.25) is 9.78 Å². The van der Waals surface area contributed by atoms with Crippen LogP contribution in [-0.2, 0) is 0 Å². The molecule has 5 nitrogen and oxygen atoms in total. The summed E-state index contributed by atoms with van der Waals surface area (Å²) in [5, 5.41) is 4.35. The predicted molar refractivity (Wildman–Crippen MR) is 68.3 cm³/mol. The summed E-state index contributed by atoms with van der Waals surface area (Å²) in [7, 11) is 0. The van der Waals surface area contributed by atoms with Crippen LogP contribution in [0.5, 0.6) is 0 Å². The monoisotopic (exact) mass is 234 g/mol. The number of aromatic amines is 1. The molecule has 0 aliphatic heterocycles. The van der Waals surface area contributed by atoms with E-state index in [4.69, 9.17) is 0 Å². The maximum absolute atomic E-state index is 11.2. The molecule has 1 atom stereocenters. The van der Waals surface area contributed by atoms with Crippen LogP contribution in [0.3, 0.4) is 0 Å². The van der Waals surface area contributed by atoms with Crippen molar-refractivity contribution in [2.45, 2.75) is 39.5 Å². The Morgan fingerprint density at radius 1 is 1.53 bits per heavy atom. The van der Waals surface area contributed by atoms with E-state index < -0.39 is 0 Å². The highest BCUT2D eigenvalue weighted by molar-refractivity contribution is 5.87. The van der Waals surface area contributed by atoms with Crippen molar-refractivity contribution in [3.63, 3.8) is 0 Å². The van der Waals surface area contributed by atoms with E-state index in [0.29, 0.717) is 17.6 Å². The van der Waals surface area contributed by atoms with Gasteiger partial charge in [0.1, 0.15) is 0 Å². The molecule has 1 aliphatic carbocycles. The van der Waals surface area contributed by atoms with Crippen LogP contribution in [0.15, 0.2) is 16.0 Å². The van der Waals surface area contributed by atoms with Crippen molar-refractivity contribution < 1.29 is 0 Å². The van der Waals surface area contributed by atoms with Gasteiger partial charge in [0.05, 0.1) is 0 Å². The maximum Gasteiger partial charge on any atom is 0.252 e. The van der Waals surface area contributed by atoms with Gasteiger partial charge in [0, 0.05) is 17.5 Å². The molecule has 0 spiro atoms. The first-order valence-electron chi connectivity index (χ1n) is 6.05. The molecule has 0 radical (unpaired) electrons. The number of hydrazone groups is 1. The zero-order valence-corrected chi connectivity index (χ0v) is 10.3. The first-order chi connectivity index (χ1) is 8.15. The predicted octanol–water partition coefficient (Wildman–Crippen LogP) is 2.06. The molecule has 0 unspecified atom stereocenters. The summed E-state index contributed by atoms with van der Waals surface area (Å²) >= 11 is 0. The highest BCUT2D eigenvalue weighted by Gasteiger charge is 2.15. The zero-order chi connectivity index (χ0) is 12.3. The second-order valence-corrected chi connectivity index (χ2v) is 4.60. The van der Waals surface area contributed by atoms with Crippen LogP contribution in [0.2, 0.25) is 0 Å². The molecule has 2 N–H and O–H groups in total. The van der Waals surface area contributed by atoms with E-state index >= 15 is 0 Å². The molecule has 1 heterocycles. The number of rotatable bonds is 2. The summed E-state index contributed by atoms with van der Waals surface area (Å²) < 4.78 is 0. The van der Waals surface area contributed by atoms with Crippen molar-refractivity contribution in [3.05, 3.63) is 22.1 Å². The van der Waals surface area contributed by atoms with E-state index in [2.05, 4.69) is 27.4 Å². The average molecular weight is 234 g/mol. The number of hydrogen-bond acceptors (Lipinski definition) is 4. The van der Waals surface area contributed by atoms with Gasteiger partial charge < -0.3 is 0 Å². The van der Waals surface area contributed by atoms with Gasteiger partial charge in [-0.05, 0) is 32.1 Å². The molecule has 0 saturated heterocycles. The second-order valence-electron chi connectivity index (χ2n) is 4.60. The smallest absolute Gasteiger partial charge is 0.252 e. The molecule has 1 aromatic heterocycles. The summed E-state index contributed by atoms with van der Waals surface area (Å²) in [5.74, 6) is 0.938. The Hall–Kier alpha value is -1.65. The lowest BCUT2D eigenvalue weighted by molar-refractivity contribution is 0.558. The van der Waals surface area contributed by atoms with Crippen molar-refractivity contribution in [2.24, 2.45) is 11.0 Å². The van der Waals surface area contributed by atoms with Crippen LogP contribution in [0.4, 0.5) is 5.95 Å². The molecule has 17 heavy (non-hydrogen) atoms. The highest BCUT2D eigenvalue weighted by Crippen LogP contribution is 2.21. The van der Waals surface area contributed by atoms with Crippen LogP contribution >= 0.6 is 0 Å². The number of aryl methyl sites for hydroxylation is 1. The molecule has 1 aliphatic rings. The van der Waals surface area contributed by atoms with Gasteiger partial charge in [-0.2, -0.15) is 5.10 Å². The Labute approximate surface area is 100 Å². The molecular weight excluding hydrogens is 216 g/mol. The topological polar surface area (TPSA) is 70.1 Å². The Balaban J connectivity index is 2.10. The van der Waals surface area contributed by atoms with Crippen LogP contribution in [0, 0.1) is 12.8 Å². The Morgan fingerprint density at radius 2 is 2.35 bits per heavy atom. The fraction of sp³-hybridized carbons (Fsp3) is 0.583. The normalized spacial score (nSPS) is 22.7. The number of nitrogens with one attached hydrogen (secondary N) is 2. The van der Waals surface area contributed by atoms with Gasteiger partial charge in [0.25, 0.3) is 5.56 Å². The zero-order valence-electron chi connectivity index (χ0n) is 10.3. The second kappa shape index (κ2) is 5.12. The SMILES string of the molecule is Cc1cc(=O)[nH]c(N/N=C2/CCCC[C@H]2C)n1. The quantitative estimate of drug-likeness (QED) is 0.769. The minimum absolute atomic E-state index is 0.156. The molecule has 5 heteroatoms. The van der Waals surface area contributed by atoms with Crippen molar-refractivity contribution in [2.75, 3.05) is 5.43 Å². The lowest BCUT2D eigenvalue weighted by Crippen LogP contribution is -2.18. The number of H-pyrrole nitrogens is 1. The van der Waals surface area contributed by atoms with E-state index in [1.807, 2.05) is 0 Å². The Morgan fingerprint density at radius 3 is 3.06 bits per heavy atom. The Bertz CT molecular complexity index is 478. The third kappa shape index (κ3) is 3.15. The molecule has 0 aromatic carbocycles. The van der Waals surface area contributed by atoms with Gasteiger partial charge in [0.2, 0.25) is 5.95 Å². The molecule has 0 amide bonds. The number of aromatic nitrogens is 2. The fourth-order valence-electron chi connectivity index (χ4n) is 2.09. The summed E-state index contributed by atoms with van der Waals surface area (Å²) in [4.78, 5) is 18.0. The number of hydrogen-bond donors (Lipinski definition) is 2. The standard InChI is InChI=1S/C12H18N4O/c1-8-5-3-4-6-10(8)15-16-12-13-9(2)7-11(17)14-12/h7-8H,3-6H2,1-2H3,(H2,13,14,16,17)/b15-10-/t8-/m1/s1. The van der Waals surface area contributed by atoms with Crippen LogP contribution in [0.1, 0.15) is 38.3 Å². The van der Waals surface area contributed by atoms with Crippen molar-refractivity contribution in [3.8, 4) is 0 Å². The molecule has 1 aromatic rings. The van der Waals surface area contributed by atoms with Crippen LogP contribution < -0.4 is 11.0 Å². The van der Waals surface area contributed by atoms with Crippen molar-refractivity contribution in [1.82, 2.24) is 9.97 Å². The average Bonchev–Trinajstić information content (AvgIpc) is 2.27. The summed E-state index contributed by atoms with van der Waals surface area (Å²) in [6, 6.07) is 1.46. The van der Waals surface area contributed by atoms with E-state index in [1.54, 1.807) is 6.92 Å². The molecular formula is C12H18N4O. The molecule has 1 saturated carbocycles. The van der Waals surface area contributed by atoms with Crippen LogP contribution in [0.25, 0.3) is 0 Å². The van der Waals surface area contributed by atoms with E-state index in [-0.39, 0.29) is 5.56 Å². The lowest BCUT2D eigenvalue weighted by Gasteiger charge is -2.19. The van der Waals surface area contributed by atoms with Gasteiger partial charge in [-0.25, -0.2) is 10.4 Å². The lowest BCUT2D eigenvalue weighted by atomic mass is 9.89. The van der Waals surface area contributed by atoms with Gasteiger partial charge in [-0.15, -0.1) is 0 Å². The van der Waals surface area contributed by atoms with E-state index in [1.165, 1.54) is 31.0 Å². The highest BCUT2D eigenvalue weighted by atomic mass is 16.1. The maximum atomic E-state index is 11.2. The minimum Gasteiger partial charge on any atom is -0.291 e. The largest absolute Gasteiger partial charge is 0.291 e. The van der Waals surface area contributed by atoms with Crippen molar-refractivity contribution in [1.29, 1.82) is 0 Å². The number of anilines is 1. The van der Waals surface area contributed by atoms with Gasteiger partial charge in [0.15, 0.2) is 0 Å². The van der Waals surface area contributed by atoms with Gasteiger partial charge >= 0.3 is 0 Å². The molecule has 2 rings (SSSR count). The molecule has 0 bridgehead atoms. The van der Waals surface area contributed by atoms with E-state index in [9.17, 15) is 4.79 Å². The van der Waals surface area contributed by atoms with E-state index in [0.717, 1.165) is 6.42 Å². The van der Waals surface area contributed by atoms with Gasteiger partial charge in [-0.1, -0.05) is 13.3 Å². The summed E-state index contributed by atoms with van der Waals surface area (Å²) in [6.07, 6.45) is 4.70. The third-order valence-corrected chi connectivity index (χ3v) is 3.06. The summed E-state index contributed by atoms with van der Waals surface area (Å²) in [6.45, 7) is 3.98. The molecule has 1 fully saturated rings. The van der Waals surface area contributed by atoms with Crippen LogP contribution in [-0.4, -0.2) is 15.7 Å². The summed E-state index contributed by atoms with van der Waals surface area (Å²) in [5.41, 5.74) is 4.55. The minimum atomic E-state index is -0.156. The third-order valence-electron chi connectivity index (χ3n) is 3.06. The molecule has 92 valence electrons. The number of nitrogens with zero attached hydrogens (tertiary/aromatic N) is 2. The van der Waals surface area contributed by atoms with Crippen molar-refractivity contribution >= 4 is 11.7 Å². The fourth-order valence-corrected chi connectivity index (χ4v) is 2.09. The Kier molecular flexibility index (Phi) is 3.56. The first kappa shape index (κ1) is 11.8.